The van der Waals surface area contributed by atoms with Gasteiger partial charge in [-0.1, -0.05) is 23.8 Å². The number of nitrogens with zero attached hydrogens (tertiary/aromatic N) is 1. The van der Waals surface area contributed by atoms with Crippen molar-refractivity contribution >= 4 is 17.5 Å². The Balaban J connectivity index is 1.54. The van der Waals surface area contributed by atoms with Gasteiger partial charge in [0.15, 0.2) is 11.5 Å². The average Bonchev–Trinajstić information content (AvgIpc) is 3.23. The lowest BCUT2D eigenvalue weighted by Gasteiger charge is -2.20. The van der Waals surface area contributed by atoms with Crippen LogP contribution in [0.2, 0.25) is 0 Å². The normalized spacial score (nSPS) is 19.2. The van der Waals surface area contributed by atoms with E-state index in [0.717, 1.165) is 42.0 Å². The number of benzene rings is 1. The quantitative estimate of drug-likeness (QED) is 0.529. The molecular formula is C26H30N2O2S. The summed E-state index contributed by atoms with van der Waals surface area (Å²) in [6.45, 7) is 2.19. The summed E-state index contributed by atoms with van der Waals surface area (Å²) in [4.78, 5) is 4.23. The molecule has 0 spiro atoms. The molecule has 2 atom stereocenters. The minimum atomic E-state index is 0.109. The molecule has 0 saturated carbocycles. The van der Waals surface area contributed by atoms with Crippen LogP contribution < -0.4 is 14.8 Å². The largest absolute Gasteiger partial charge is 0.493 e. The van der Waals surface area contributed by atoms with Gasteiger partial charge in [0.2, 0.25) is 0 Å². The van der Waals surface area contributed by atoms with E-state index in [1.807, 2.05) is 25.4 Å². The molecule has 1 heterocycles. The summed E-state index contributed by atoms with van der Waals surface area (Å²) < 4.78 is 12.1. The highest BCUT2D eigenvalue weighted by atomic mass is 32.2. The van der Waals surface area contributed by atoms with E-state index in [2.05, 4.69) is 53.0 Å². The zero-order valence-electron chi connectivity index (χ0n) is 18.4. The number of nitrogens with one attached hydrogen (secondary N) is 1. The molecule has 0 bridgehead atoms. The molecule has 1 aromatic carbocycles. The predicted octanol–water partition coefficient (Wildman–Crippen LogP) is 6.29. The fourth-order valence-corrected chi connectivity index (χ4v) is 5.03. The van der Waals surface area contributed by atoms with Crippen LogP contribution in [0, 0.1) is 0 Å². The molecule has 1 aromatic heterocycles. The van der Waals surface area contributed by atoms with Gasteiger partial charge in [-0.2, -0.15) is 0 Å². The summed E-state index contributed by atoms with van der Waals surface area (Å²) in [7, 11) is 3.65. The minimum absolute atomic E-state index is 0.109. The van der Waals surface area contributed by atoms with Crippen LogP contribution in [0.3, 0.4) is 0 Å². The van der Waals surface area contributed by atoms with Gasteiger partial charge in [-0.25, -0.2) is 0 Å². The fourth-order valence-electron chi connectivity index (χ4n) is 4.14. The third-order valence-corrected chi connectivity index (χ3v) is 6.98. The first-order valence-corrected chi connectivity index (χ1v) is 11.8. The lowest BCUT2D eigenvalue weighted by atomic mass is 10.00. The Morgan fingerprint density at radius 1 is 1.26 bits per heavy atom. The van der Waals surface area contributed by atoms with E-state index in [9.17, 15) is 0 Å². The van der Waals surface area contributed by atoms with Gasteiger partial charge < -0.3 is 14.8 Å². The zero-order valence-corrected chi connectivity index (χ0v) is 19.2. The predicted molar refractivity (Wildman–Crippen MR) is 129 cm³/mol. The molecule has 162 valence electrons. The zero-order chi connectivity index (χ0) is 21.6. The minimum Gasteiger partial charge on any atom is -0.493 e. The Labute approximate surface area is 189 Å². The van der Waals surface area contributed by atoms with Crippen LogP contribution >= 0.6 is 11.8 Å². The van der Waals surface area contributed by atoms with Crippen LogP contribution in [0.25, 0.3) is 5.70 Å². The first-order chi connectivity index (χ1) is 15.2. The van der Waals surface area contributed by atoms with Crippen molar-refractivity contribution in [1.82, 2.24) is 10.3 Å². The van der Waals surface area contributed by atoms with E-state index in [0.29, 0.717) is 5.25 Å². The van der Waals surface area contributed by atoms with Crippen LogP contribution in [0.5, 0.6) is 11.5 Å². The SMILES string of the molecule is CN/C(=C\SC(C)c1cccnc1)c1ccc(OC)c(OC2CCC3=C2C=CCC3)c1. The summed E-state index contributed by atoms with van der Waals surface area (Å²) in [5.41, 5.74) is 6.26. The van der Waals surface area contributed by atoms with Gasteiger partial charge >= 0.3 is 0 Å². The monoisotopic (exact) mass is 434 g/mol. The van der Waals surface area contributed by atoms with Crippen molar-refractivity contribution in [2.24, 2.45) is 0 Å². The summed E-state index contributed by atoms with van der Waals surface area (Å²) in [5, 5.41) is 5.82. The Bertz CT molecular complexity index is 998. The van der Waals surface area contributed by atoms with E-state index in [1.165, 1.54) is 17.6 Å². The molecule has 0 saturated heterocycles. The van der Waals surface area contributed by atoms with Crippen molar-refractivity contribution in [2.75, 3.05) is 14.2 Å². The molecule has 0 amide bonds. The summed E-state index contributed by atoms with van der Waals surface area (Å²) in [6, 6.07) is 10.2. The molecule has 31 heavy (non-hydrogen) atoms. The Morgan fingerprint density at radius 3 is 2.94 bits per heavy atom. The Kier molecular flexibility index (Phi) is 7.03. The van der Waals surface area contributed by atoms with E-state index >= 15 is 0 Å². The molecule has 2 aliphatic rings. The molecule has 0 fully saturated rings. The third-order valence-electron chi connectivity index (χ3n) is 5.93. The van der Waals surface area contributed by atoms with Crippen molar-refractivity contribution in [3.63, 3.8) is 0 Å². The van der Waals surface area contributed by atoms with Crippen LogP contribution in [0.4, 0.5) is 0 Å². The van der Waals surface area contributed by atoms with Gasteiger partial charge in [0, 0.05) is 36.0 Å². The lowest BCUT2D eigenvalue weighted by Crippen LogP contribution is -2.16. The van der Waals surface area contributed by atoms with Crippen molar-refractivity contribution in [2.45, 2.75) is 44.0 Å². The number of ether oxygens (including phenoxy) is 2. The Morgan fingerprint density at radius 2 is 2.16 bits per heavy atom. The van der Waals surface area contributed by atoms with Gasteiger partial charge in [0.1, 0.15) is 6.10 Å². The van der Waals surface area contributed by atoms with Gasteiger partial charge in [0.25, 0.3) is 0 Å². The lowest BCUT2D eigenvalue weighted by molar-refractivity contribution is 0.229. The van der Waals surface area contributed by atoms with Gasteiger partial charge in [-0.15, -0.1) is 11.8 Å². The van der Waals surface area contributed by atoms with Crippen LogP contribution in [-0.4, -0.2) is 25.2 Å². The smallest absolute Gasteiger partial charge is 0.162 e. The molecule has 2 aromatic rings. The number of aromatic nitrogens is 1. The van der Waals surface area contributed by atoms with Crippen LogP contribution in [0.15, 0.2) is 71.4 Å². The van der Waals surface area contributed by atoms with Crippen LogP contribution in [-0.2, 0) is 0 Å². The van der Waals surface area contributed by atoms with E-state index < -0.39 is 0 Å². The number of methoxy groups -OCH3 is 1. The first kappa shape index (κ1) is 21.6. The molecule has 0 aliphatic heterocycles. The maximum atomic E-state index is 6.49. The van der Waals surface area contributed by atoms with E-state index in [-0.39, 0.29) is 6.10 Å². The van der Waals surface area contributed by atoms with Gasteiger partial charge in [-0.05, 0) is 73.4 Å². The maximum absolute atomic E-state index is 6.49. The first-order valence-electron chi connectivity index (χ1n) is 10.9. The van der Waals surface area contributed by atoms with Crippen molar-refractivity contribution in [1.29, 1.82) is 0 Å². The van der Waals surface area contributed by atoms with Crippen molar-refractivity contribution in [3.05, 3.63) is 82.6 Å². The number of hydrogen-bond acceptors (Lipinski definition) is 5. The van der Waals surface area contributed by atoms with Crippen molar-refractivity contribution < 1.29 is 9.47 Å². The highest BCUT2D eigenvalue weighted by Gasteiger charge is 2.27. The van der Waals surface area contributed by atoms with E-state index in [1.54, 1.807) is 30.6 Å². The second-order valence-electron chi connectivity index (χ2n) is 7.86. The molecule has 4 nitrogen and oxygen atoms in total. The number of rotatable bonds is 8. The fraction of sp³-hybridized carbons (Fsp3) is 0.346. The number of allylic oxidation sites excluding steroid dienone is 2. The molecule has 2 aliphatic carbocycles. The number of hydrogen-bond donors (Lipinski definition) is 1. The van der Waals surface area contributed by atoms with Gasteiger partial charge in [-0.3, -0.25) is 4.98 Å². The summed E-state index contributed by atoms with van der Waals surface area (Å²) in [6.07, 6.45) is 12.8. The maximum Gasteiger partial charge on any atom is 0.162 e. The van der Waals surface area contributed by atoms with E-state index in [4.69, 9.17) is 9.47 Å². The average molecular weight is 435 g/mol. The highest BCUT2D eigenvalue weighted by molar-refractivity contribution is 8.02. The standard InChI is InChI=1S/C26H30N2O2S/c1-18(21-8-6-14-28-16-21)31-17-23(27-2)20-11-13-25(29-3)26(15-20)30-24-12-10-19-7-4-5-9-22(19)24/h5-6,8-9,11,13-18,24,27H,4,7,10,12H2,1-3H3/b23-17-. The highest BCUT2D eigenvalue weighted by Crippen LogP contribution is 2.39. The molecular weight excluding hydrogens is 404 g/mol. The second kappa shape index (κ2) is 10.1. The Hall–Kier alpha value is -2.66. The van der Waals surface area contributed by atoms with Crippen LogP contribution in [0.1, 0.15) is 49.0 Å². The second-order valence-corrected chi connectivity index (χ2v) is 9.07. The summed E-state index contributed by atoms with van der Waals surface area (Å²) in [5.74, 6) is 1.56. The molecule has 0 radical (unpaired) electrons. The molecule has 5 heteroatoms. The molecule has 1 N–H and O–H groups in total. The molecule has 4 rings (SSSR count). The number of thioether (sulfide) groups is 1. The number of pyridine rings is 1. The van der Waals surface area contributed by atoms with Gasteiger partial charge in [0.05, 0.1) is 7.11 Å². The molecule has 2 unspecified atom stereocenters. The summed E-state index contributed by atoms with van der Waals surface area (Å²) >= 11 is 1.77. The van der Waals surface area contributed by atoms with Crippen molar-refractivity contribution in [3.8, 4) is 11.5 Å². The topological polar surface area (TPSA) is 43.4 Å². The third kappa shape index (κ3) is 4.99.